The summed E-state index contributed by atoms with van der Waals surface area (Å²) in [5.74, 6) is 1.95. The fourth-order valence-electron chi connectivity index (χ4n) is 1.31. The van der Waals surface area contributed by atoms with Crippen molar-refractivity contribution < 1.29 is 0 Å². The van der Waals surface area contributed by atoms with Crippen molar-refractivity contribution in [2.75, 3.05) is 5.73 Å². The summed E-state index contributed by atoms with van der Waals surface area (Å²) >= 11 is 0. The highest BCUT2D eigenvalue weighted by Gasteiger charge is 2.07. The van der Waals surface area contributed by atoms with E-state index in [-0.39, 0.29) is 0 Å². The Bertz CT molecular complexity index is 460. The molecule has 14 heavy (non-hydrogen) atoms. The maximum absolute atomic E-state index is 5.58. The van der Waals surface area contributed by atoms with Crippen molar-refractivity contribution in [1.29, 1.82) is 0 Å². The van der Waals surface area contributed by atoms with Gasteiger partial charge in [-0.2, -0.15) is 5.10 Å². The third-order valence-electron chi connectivity index (χ3n) is 1.87. The van der Waals surface area contributed by atoms with E-state index in [0.29, 0.717) is 5.82 Å². The van der Waals surface area contributed by atoms with Crippen LogP contribution < -0.4 is 5.73 Å². The number of hydrogen-bond donors (Lipinski definition) is 1. The van der Waals surface area contributed by atoms with E-state index in [1.54, 1.807) is 10.7 Å². The molecule has 0 bridgehead atoms. The first-order valence-corrected chi connectivity index (χ1v) is 4.27. The minimum Gasteiger partial charge on any atom is -0.384 e. The second kappa shape index (κ2) is 3.10. The zero-order chi connectivity index (χ0) is 10.1. The molecule has 0 unspecified atom stereocenters. The molecule has 72 valence electrons. The molecule has 0 aliphatic heterocycles. The van der Waals surface area contributed by atoms with Gasteiger partial charge >= 0.3 is 0 Å². The van der Waals surface area contributed by atoms with E-state index in [0.717, 1.165) is 17.3 Å². The Hall–Kier alpha value is -1.91. The van der Waals surface area contributed by atoms with E-state index in [1.807, 2.05) is 26.1 Å². The summed E-state index contributed by atoms with van der Waals surface area (Å²) in [6, 6.07) is 5.45. The number of nitrogens with zero attached hydrogens (tertiary/aromatic N) is 4. The molecule has 5 nitrogen and oxygen atoms in total. The van der Waals surface area contributed by atoms with Gasteiger partial charge in [0.05, 0.1) is 0 Å². The Kier molecular flexibility index (Phi) is 1.92. The summed E-state index contributed by atoms with van der Waals surface area (Å²) < 4.78 is 1.69. The average molecular weight is 189 g/mol. The highest BCUT2D eigenvalue weighted by atomic mass is 15.3. The molecule has 0 aliphatic rings. The average Bonchev–Trinajstić information content (AvgIpc) is 2.45. The Morgan fingerprint density at radius 1 is 1.29 bits per heavy atom. The summed E-state index contributed by atoms with van der Waals surface area (Å²) in [4.78, 5) is 8.43. The van der Waals surface area contributed by atoms with E-state index in [4.69, 9.17) is 5.73 Å². The predicted octanol–water partition coefficient (Wildman–Crippen LogP) is 0.768. The molecular weight excluding hydrogens is 178 g/mol. The molecule has 0 saturated carbocycles. The van der Waals surface area contributed by atoms with Crippen LogP contribution in [-0.2, 0) is 7.05 Å². The smallest absolute Gasteiger partial charge is 0.176 e. The lowest BCUT2D eigenvalue weighted by molar-refractivity contribution is 0.762. The number of nitrogens with two attached hydrogens (primary N) is 1. The van der Waals surface area contributed by atoms with Crippen LogP contribution in [0.1, 0.15) is 5.82 Å². The first-order valence-electron chi connectivity index (χ1n) is 4.27. The van der Waals surface area contributed by atoms with Crippen molar-refractivity contribution in [3.63, 3.8) is 0 Å². The minimum atomic E-state index is 0.489. The van der Waals surface area contributed by atoms with Crippen LogP contribution in [0, 0.1) is 6.92 Å². The molecule has 2 aromatic rings. The van der Waals surface area contributed by atoms with Gasteiger partial charge in [0.2, 0.25) is 0 Å². The summed E-state index contributed by atoms with van der Waals surface area (Å²) in [6.45, 7) is 1.84. The molecule has 2 rings (SSSR count). The highest BCUT2D eigenvalue weighted by Crippen LogP contribution is 2.14. The van der Waals surface area contributed by atoms with Gasteiger partial charge in [-0.15, -0.1) is 0 Å². The summed E-state index contributed by atoms with van der Waals surface area (Å²) in [7, 11) is 1.83. The van der Waals surface area contributed by atoms with Gasteiger partial charge in [-0.05, 0) is 19.1 Å². The zero-order valence-electron chi connectivity index (χ0n) is 8.10. The minimum absolute atomic E-state index is 0.489. The van der Waals surface area contributed by atoms with Gasteiger partial charge in [0.15, 0.2) is 5.82 Å². The Morgan fingerprint density at radius 2 is 2.07 bits per heavy atom. The van der Waals surface area contributed by atoms with Crippen LogP contribution in [0.4, 0.5) is 5.82 Å². The molecule has 0 saturated heterocycles. The van der Waals surface area contributed by atoms with Gasteiger partial charge in [-0.25, -0.2) is 14.6 Å². The number of pyridine rings is 1. The molecule has 0 atom stereocenters. The third kappa shape index (κ3) is 1.44. The number of aromatic nitrogens is 4. The van der Waals surface area contributed by atoms with Crippen molar-refractivity contribution in [3.8, 4) is 11.5 Å². The van der Waals surface area contributed by atoms with E-state index in [2.05, 4.69) is 15.1 Å². The molecule has 0 radical (unpaired) electrons. The second-order valence-corrected chi connectivity index (χ2v) is 3.05. The van der Waals surface area contributed by atoms with Gasteiger partial charge < -0.3 is 5.73 Å². The Labute approximate surface area is 81.6 Å². The lowest BCUT2D eigenvalue weighted by Crippen LogP contribution is -1.98. The first kappa shape index (κ1) is 8.68. The van der Waals surface area contributed by atoms with Crippen molar-refractivity contribution >= 4 is 5.82 Å². The SMILES string of the molecule is Cc1nc(-c2cccc(N)n2)n(C)n1. The third-order valence-corrected chi connectivity index (χ3v) is 1.87. The quantitative estimate of drug-likeness (QED) is 0.719. The van der Waals surface area contributed by atoms with Crippen LogP contribution in [0.3, 0.4) is 0 Å². The zero-order valence-corrected chi connectivity index (χ0v) is 8.10. The molecule has 2 aromatic heterocycles. The maximum atomic E-state index is 5.58. The molecule has 0 spiro atoms. The molecule has 0 aliphatic carbocycles. The Balaban J connectivity index is 2.54. The molecule has 2 N–H and O–H groups in total. The van der Waals surface area contributed by atoms with Crippen LogP contribution in [0.25, 0.3) is 11.5 Å². The normalized spacial score (nSPS) is 10.4. The van der Waals surface area contributed by atoms with E-state index in [1.165, 1.54) is 0 Å². The lowest BCUT2D eigenvalue weighted by Gasteiger charge is -1.99. The summed E-state index contributed by atoms with van der Waals surface area (Å²) in [6.07, 6.45) is 0. The standard InChI is InChI=1S/C9H11N5/c1-6-11-9(14(2)13-6)7-4-3-5-8(10)12-7/h3-5H,1-2H3,(H2,10,12). The number of aryl methyl sites for hydroxylation is 2. The number of hydrogen-bond acceptors (Lipinski definition) is 4. The Morgan fingerprint density at radius 3 is 2.64 bits per heavy atom. The molecule has 5 heteroatoms. The van der Waals surface area contributed by atoms with Crippen molar-refractivity contribution in [1.82, 2.24) is 19.7 Å². The number of rotatable bonds is 1. The largest absolute Gasteiger partial charge is 0.384 e. The van der Waals surface area contributed by atoms with Gasteiger partial charge in [0.25, 0.3) is 0 Å². The van der Waals surface area contributed by atoms with Gasteiger partial charge in [-0.3, -0.25) is 0 Å². The van der Waals surface area contributed by atoms with Crippen LogP contribution in [0.2, 0.25) is 0 Å². The van der Waals surface area contributed by atoms with Crippen molar-refractivity contribution in [2.24, 2.45) is 7.05 Å². The van der Waals surface area contributed by atoms with Crippen molar-refractivity contribution in [3.05, 3.63) is 24.0 Å². The predicted molar refractivity (Wildman–Crippen MR) is 53.4 cm³/mol. The van der Waals surface area contributed by atoms with Crippen LogP contribution in [0.15, 0.2) is 18.2 Å². The van der Waals surface area contributed by atoms with E-state index in [9.17, 15) is 0 Å². The molecule has 0 aromatic carbocycles. The summed E-state index contributed by atoms with van der Waals surface area (Å²) in [5, 5.41) is 4.14. The molecule has 0 amide bonds. The van der Waals surface area contributed by atoms with E-state index >= 15 is 0 Å². The molecule has 2 heterocycles. The molecular formula is C9H11N5. The first-order chi connectivity index (χ1) is 6.66. The van der Waals surface area contributed by atoms with E-state index < -0.39 is 0 Å². The second-order valence-electron chi connectivity index (χ2n) is 3.05. The fourth-order valence-corrected chi connectivity index (χ4v) is 1.31. The topological polar surface area (TPSA) is 69.6 Å². The highest BCUT2D eigenvalue weighted by molar-refractivity contribution is 5.52. The summed E-state index contributed by atoms with van der Waals surface area (Å²) in [5.41, 5.74) is 6.33. The van der Waals surface area contributed by atoms with Crippen LogP contribution in [-0.4, -0.2) is 19.7 Å². The number of nitrogen functional groups attached to an aromatic ring is 1. The van der Waals surface area contributed by atoms with Crippen molar-refractivity contribution in [2.45, 2.75) is 6.92 Å². The van der Waals surface area contributed by atoms with Crippen LogP contribution >= 0.6 is 0 Å². The maximum Gasteiger partial charge on any atom is 0.176 e. The monoisotopic (exact) mass is 189 g/mol. The van der Waals surface area contributed by atoms with Gasteiger partial charge in [0.1, 0.15) is 17.3 Å². The fraction of sp³-hybridized carbons (Fsp3) is 0.222. The molecule has 0 fully saturated rings. The van der Waals surface area contributed by atoms with Gasteiger partial charge in [-0.1, -0.05) is 6.07 Å². The van der Waals surface area contributed by atoms with Gasteiger partial charge in [0, 0.05) is 7.05 Å². The lowest BCUT2D eigenvalue weighted by atomic mass is 10.3. The van der Waals surface area contributed by atoms with Crippen LogP contribution in [0.5, 0.6) is 0 Å². The number of anilines is 1.